The second kappa shape index (κ2) is 5.66. The third-order valence-electron chi connectivity index (χ3n) is 4.08. The van der Waals surface area contributed by atoms with Crippen molar-refractivity contribution in [3.63, 3.8) is 0 Å². The van der Waals surface area contributed by atoms with Gasteiger partial charge in [0, 0.05) is 23.3 Å². The van der Waals surface area contributed by atoms with E-state index < -0.39 is 24.4 Å². The van der Waals surface area contributed by atoms with Crippen molar-refractivity contribution < 1.29 is 20.1 Å². The Balaban J connectivity index is 1.71. The molecule has 1 saturated heterocycles. The monoisotopic (exact) mass is 333 g/mol. The zero-order valence-electron chi connectivity index (χ0n) is 12.0. The van der Waals surface area contributed by atoms with E-state index >= 15 is 0 Å². The number of H-pyrrole nitrogens is 1. The van der Waals surface area contributed by atoms with Crippen LogP contribution in [0.5, 0.6) is 0 Å². The van der Waals surface area contributed by atoms with E-state index in [9.17, 15) is 10.2 Å². The molecule has 3 aromatic rings. The van der Waals surface area contributed by atoms with Gasteiger partial charge >= 0.3 is 0 Å². The lowest BCUT2D eigenvalue weighted by Crippen LogP contribution is -2.32. The SMILES string of the molecule is OC[C@H]1O[C@@H](c2ncc3c(-c4ccsc4)c[nH]c3n2)[C@H](O)[C@@H]1O. The molecule has 1 aliphatic heterocycles. The number of ether oxygens (including phenoxy) is 1. The lowest BCUT2D eigenvalue weighted by Gasteiger charge is -2.12. The molecular weight excluding hydrogens is 318 g/mol. The smallest absolute Gasteiger partial charge is 0.162 e. The summed E-state index contributed by atoms with van der Waals surface area (Å²) < 4.78 is 5.46. The van der Waals surface area contributed by atoms with Crippen LogP contribution in [0.25, 0.3) is 22.2 Å². The van der Waals surface area contributed by atoms with Crippen molar-refractivity contribution in [3.05, 3.63) is 35.0 Å². The second-order valence-corrected chi connectivity index (χ2v) is 6.24. The molecule has 0 saturated carbocycles. The highest BCUT2D eigenvalue weighted by Crippen LogP contribution is 2.34. The average molecular weight is 333 g/mol. The van der Waals surface area contributed by atoms with Crippen LogP contribution in [0, 0.1) is 0 Å². The maximum atomic E-state index is 10.1. The number of aromatic amines is 1. The number of fused-ring (bicyclic) bond motifs is 1. The van der Waals surface area contributed by atoms with E-state index in [4.69, 9.17) is 9.84 Å². The van der Waals surface area contributed by atoms with Gasteiger partial charge in [-0.3, -0.25) is 0 Å². The number of aromatic nitrogens is 3. The summed E-state index contributed by atoms with van der Waals surface area (Å²) in [5.74, 6) is 0.277. The molecule has 0 spiro atoms. The van der Waals surface area contributed by atoms with E-state index in [1.807, 2.05) is 23.0 Å². The summed E-state index contributed by atoms with van der Waals surface area (Å²) in [7, 11) is 0. The van der Waals surface area contributed by atoms with Crippen molar-refractivity contribution in [2.24, 2.45) is 0 Å². The molecule has 3 aromatic heterocycles. The summed E-state index contributed by atoms with van der Waals surface area (Å²) in [6.07, 6.45) is -0.484. The maximum Gasteiger partial charge on any atom is 0.162 e. The third-order valence-corrected chi connectivity index (χ3v) is 4.76. The lowest BCUT2D eigenvalue weighted by molar-refractivity contribution is -0.0252. The fraction of sp³-hybridized carbons (Fsp3) is 0.333. The number of thiophene rings is 1. The number of hydrogen-bond acceptors (Lipinski definition) is 7. The van der Waals surface area contributed by atoms with Gasteiger partial charge in [0.1, 0.15) is 30.1 Å². The highest BCUT2D eigenvalue weighted by Gasteiger charge is 2.44. The first-order valence-corrected chi connectivity index (χ1v) is 8.12. The normalized spacial score (nSPS) is 27.8. The van der Waals surface area contributed by atoms with E-state index in [0.717, 1.165) is 16.5 Å². The van der Waals surface area contributed by atoms with Gasteiger partial charge in [-0.15, -0.1) is 0 Å². The molecule has 120 valence electrons. The highest BCUT2D eigenvalue weighted by molar-refractivity contribution is 7.08. The molecule has 7 nitrogen and oxygen atoms in total. The van der Waals surface area contributed by atoms with Crippen LogP contribution in [0.2, 0.25) is 0 Å². The van der Waals surface area contributed by atoms with Gasteiger partial charge in [-0.2, -0.15) is 11.3 Å². The summed E-state index contributed by atoms with van der Waals surface area (Å²) >= 11 is 1.61. The summed E-state index contributed by atoms with van der Waals surface area (Å²) in [5, 5.41) is 34.0. The number of nitrogens with zero attached hydrogens (tertiary/aromatic N) is 2. The first kappa shape index (κ1) is 14.7. The largest absolute Gasteiger partial charge is 0.394 e. The molecule has 23 heavy (non-hydrogen) atoms. The summed E-state index contributed by atoms with van der Waals surface area (Å²) in [6.45, 7) is -0.373. The van der Waals surface area contributed by atoms with Crippen LogP contribution in [0.15, 0.2) is 29.2 Å². The van der Waals surface area contributed by atoms with E-state index in [-0.39, 0.29) is 12.4 Å². The van der Waals surface area contributed by atoms with Crippen LogP contribution >= 0.6 is 11.3 Å². The van der Waals surface area contributed by atoms with Crippen molar-refractivity contribution in [2.45, 2.75) is 24.4 Å². The van der Waals surface area contributed by atoms with Gasteiger partial charge in [0.15, 0.2) is 5.82 Å². The Morgan fingerprint density at radius 1 is 1.30 bits per heavy atom. The van der Waals surface area contributed by atoms with Gasteiger partial charge < -0.3 is 25.0 Å². The summed E-state index contributed by atoms with van der Waals surface area (Å²) in [5.41, 5.74) is 2.73. The van der Waals surface area contributed by atoms with E-state index in [2.05, 4.69) is 15.0 Å². The third kappa shape index (κ3) is 2.35. The van der Waals surface area contributed by atoms with Gasteiger partial charge in [-0.25, -0.2) is 9.97 Å². The molecule has 4 heterocycles. The van der Waals surface area contributed by atoms with Crippen LogP contribution in [0.3, 0.4) is 0 Å². The van der Waals surface area contributed by atoms with Crippen molar-refractivity contribution in [2.75, 3.05) is 6.61 Å². The Hall–Kier alpha value is -1.84. The molecule has 1 aliphatic rings. The number of hydrogen-bond donors (Lipinski definition) is 4. The molecule has 0 unspecified atom stereocenters. The first-order chi connectivity index (χ1) is 11.2. The molecule has 0 aromatic carbocycles. The van der Waals surface area contributed by atoms with Gasteiger partial charge in [0.05, 0.1) is 6.61 Å². The molecule has 1 fully saturated rings. The van der Waals surface area contributed by atoms with Crippen LogP contribution < -0.4 is 0 Å². The average Bonchev–Trinajstić information content (AvgIpc) is 3.27. The van der Waals surface area contributed by atoms with Crippen molar-refractivity contribution in [1.82, 2.24) is 15.0 Å². The van der Waals surface area contributed by atoms with E-state index in [0.29, 0.717) is 5.65 Å². The quantitative estimate of drug-likeness (QED) is 0.565. The summed E-state index contributed by atoms with van der Waals surface area (Å²) in [6, 6.07) is 2.02. The zero-order chi connectivity index (χ0) is 16.0. The van der Waals surface area contributed by atoms with Gasteiger partial charge in [0.25, 0.3) is 0 Å². The topological polar surface area (TPSA) is 111 Å². The Labute approximate surface area is 135 Å². The highest BCUT2D eigenvalue weighted by atomic mass is 32.1. The molecule has 4 N–H and O–H groups in total. The molecular formula is C15H15N3O4S. The number of rotatable bonds is 3. The Bertz CT molecular complexity index is 819. The van der Waals surface area contributed by atoms with Crippen LogP contribution in [-0.4, -0.2) is 55.2 Å². The molecule has 0 amide bonds. The van der Waals surface area contributed by atoms with Crippen LogP contribution in [0.4, 0.5) is 0 Å². The number of aliphatic hydroxyl groups excluding tert-OH is 3. The van der Waals surface area contributed by atoms with E-state index in [1.165, 1.54) is 0 Å². The molecule has 0 radical (unpaired) electrons. The minimum Gasteiger partial charge on any atom is -0.394 e. The molecule has 4 rings (SSSR count). The second-order valence-electron chi connectivity index (χ2n) is 5.46. The molecule has 4 atom stereocenters. The standard InChI is InChI=1S/C15H15N3O4S/c19-5-10-11(20)12(21)13(22-10)15-17-4-9-8(3-16-14(9)18-15)7-1-2-23-6-7/h1-4,6,10-13,19-21H,5H2,(H,16,17,18)/t10-,11-,12-,13-/m1/s1. The summed E-state index contributed by atoms with van der Waals surface area (Å²) in [4.78, 5) is 11.8. The minimum absolute atomic E-state index is 0.277. The van der Waals surface area contributed by atoms with Gasteiger partial charge in [0.2, 0.25) is 0 Å². The fourth-order valence-electron chi connectivity index (χ4n) is 2.83. The Morgan fingerprint density at radius 3 is 2.87 bits per heavy atom. The van der Waals surface area contributed by atoms with Gasteiger partial charge in [-0.1, -0.05) is 0 Å². The Kier molecular flexibility index (Phi) is 3.63. The number of nitrogens with one attached hydrogen (secondary N) is 1. The predicted octanol–water partition coefficient (Wildman–Crippen LogP) is 0.840. The first-order valence-electron chi connectivity index (χ1n) is 7.18. The minimum atomic E-state index is -1.17. The van der Waals surface area contributed by atoms with Crippen LogP contribution in [0.1, 0.15) is 11.9 Å². The number of aliphatic hydroxyl groups is 3. The molecule has 8 heteroatoms. The van der Waals surface area contributed by atoms with Crippen LogP contribution in [-0.2, 0) is 4.74 Å². The van der Waals surface area contributed by atoms with Crippen molar-refractivity contribution in [1.29, 1.82) is 0 Å². The zero-order valence-corrected chi connectivity index (χ0v) is 12.8. The van der Waals surface area contributed by atoms with Crippen molar-refractivity contribution >= 4 is 22.4 Å². The Morgan fingerprint density at radius 2 is 2.17 bits per heavy atom. The van der Waals surface area contributed by atoms with Gasteiger partial charge in [-0.05, 0) is 22.4 Å². The van der Waals surface area contributed by atoms with E-state index in [1.54, 1.807) is 17.5 Å². The molecule has 0 bridgehead atoms. The fourth-order valence-corrected chi connectivity index (χ4v) is 3.48. The van der Waals surface area contributed by atoms with Crippen molar-refractivity contribution in [3.8, 4) is 11.1 Å². The maximum absolute atomic E-state index is 10.1. The molecule has 0 aliphatic carbocycles. The lowest BCUT2D eigenvalue weighted by atomic mass is 10.1. The predicted molar refractivity (Wildman–Crippen MR) is 83.9 cm³/mol.